The number of phenolic OH excluding ortho intramolecular Hbond substituents is 3. The maximum Gasteiger partial charge on any atom is 0.300 e. The third kappa shape index (κ3) is 4.52. The average Bonchev–Trinajstić information content (AvgIpc) is 1.99. The summed E-state index contributed by atoms with van der Waals surface area (Å²) in [5.74, 6) is -1.93. The molecule has 1 rings (SSSR count). The second-order valence-electron chi connectivity index (χ2n) is 2.16. The summed E-state index contributed by atoms with van der Waals surface area (Å²) in [6.07, 6.45) is 0. The van der Waals surface area contributed by atoms with E-state index in [2.05, 4.69) is 0 Å². The first-order valence-electron chi connectivity index (χ1n) is 3.34. The summed E-state index contributed by atoms with van der Waals surface area (Å²) in [6, 6.07) is 4.01. The highest BCUT2D eigenvalue weighted by Crippen LogP contribution is 2.32. The van der Waals surface area contributed by atoms with Crippen LogP contribution in [-0.2, 0) is 4.79 Å². The number of benzene rings is 1. The Balaban J connectivity index is 0.000000310. The Bertz CT molecular complexity index is 270. The summed E-state index contributed by atoms with van der Waals surface area (Å²) in [5.41, 5.74) is 0. The minimum absolute atomic E-state index is 0.310. The molecule has 0 saturated carbocycles. The molecule has 0 heterocycles. The van der Waals surface area contributed by atoms with E-state index in [-0.39, 0.29) is 11.5 Å². The van der Waals surface area contributed by atoms with E-state index in [0.717, 1.165) is 6.92 Å². The van der Waals surface area contributed by atoms with Crippen LogP contribution in [0, 0.1) is 0 Å². The van der Waals surface area contributed by atoms with Crippen molar-refractivity contribution in [2.24, 2.45) is 0 Å². The van der Waals surface area contributed by atoms with Crippen LogP contribution in [0.3, 0.4) is 0 Å². The normalized spacial score (nSPS) is 8.38. The first-order valence-corrected chi connectivity index (χ1v) is 3.34. The molecule has 0 amide bonds. The van der Waals surface area contributed by atoms with Gasteiger partial charge in [-0.1, -0.05) is 6.07 Å². The van der Waals surface area contributed by atoms with Crippen molar-refractivity contribution in [2.45, 2.75) is 6.92 Å². The summed E-state index contributed by atoms with van der Waals surface area (Å²) in [7, 11) is 0. The van der Waals surface area contributed by atoms with Gasteiger partial charge in [-0.2, -0.15) is 0 Å². The maximum atomic E-state index is 9.00. The monoisotopic (exact) mass is 186 g/mol. The number of carboxylic acids is 1. The van der Waals surface area contributed by atoms with E-state index < -0.39 is 11.7 Å². The first-order chi connectivity index (χ1) is 5.95. The van der Waals surface area contributed by atoms with Crippen LogP contribution in [0.1, 0.15) is 6.92 Å². The number of carbonyl (C=O) groups is 1. The van der Waals surface area contributed by atoms with Crippen LogP contribution < -0.4 is 0 Å². The molecular weight excluding hydrogens is 176 g/mol. The molecular formula is C8H10O5. The van der Waals surface area contributed by atoms with Gasteiger partial charge in [-0.25, -0.2) is 0 Å². The number of rotatable bonds is 0. The number of phenols is 3. The number of para-hydroxylation sites is 1. The molecule has 5 nitrogen and oxygen atoms in total. The second-order valence-corrected chi connectivity index (χ2v) is 2.16. The number of hydrogen-bond donors (Lipinski definition) is 4. The van der Waals surface area contributed by atoms with Crippen molar-refractivity contribution in [3.63, 3.8) is 0 Å². The standard InChI is InChI=1S/C6H6O3.C2H4O2/c7-4-2-1-3-5(8)6(4)9;1-2(3)4/h1-3,7-9H;1H3,(H,3,4). The molecule has 0 aliphatic heterocycles. The highest BCUT2D eigenvalue weighted by Gasteiger charge is 2.00. The van der Waals surface area contributed by atoms with Crippen molar-refractivity contribution in [3.8, 4) is 17.2 Å². The van der Waals surface area contributed by atoms with E-state index in [1.807, 2.05) is 0 Å². The fraction of sp³-hybridized carbons (Fsp3) is 0.125. The van der Waals surface area contributed by atoms with Gasteiger partial charge in [0.1, 0.15) is 0 Å². The van der Waals surface area contributed by atoms with E-state index in [0.29, 0.717) is 0 Å². The molecule has 72 valence electrons. The van der Waals surface area contributed by atoms with Gasteiger partial charge in [-0.15, -0.1) is 0 Å². The molecule has 0 fully saturated rings. The Kier molecular flexibility index (Phi) is 4.15. The molecule has 1 aromatic rings. The smallest absolute Gasteiger partial charge is 0.300 e. The van der Waals surface area contributed by atoms with Gasteiger partial charge in [-0.05, 0) is 12.1 Å². The Labute approximate surface area is 74.5 Å². The number of aliphatic carboxylic acids is 1. The van der Waals surface area contributed by atoms with Crippen molar-refractivity contribution in [2.75, 3.05) is 0 Å². The number of hydrogen-bond acceptors (Lipinski definition) is 4. The molecule has 0 aliphatic rings. The van der Waals surface area contributed by atoms with E-state index in [9.17, 15) is 0 Å². The summed E-state index contributed by atoms with van der Waals surface area (Å²) < 4.78 is 0. The van der Waals surface area contributed by atoms with E-state index >= 15 is 0 Å². The average molecular weight is 186 g/mol. The summed E-state index contributed by atoms with van der Waals surface area (Å²) in [6.45, 7) is 1.08. The van der Waals surface area contributed by atoms with Gasteiger partial charge in [-0.3, -0.25) is 4.79 Å². The van der Waals surface area contributed by atoms with Gasteiger partial charge in [0.25, 0.3) is 5.97 Å². The predicted molar refractivity (Wildman–Crippen MR) is 44.7 cm³/mol. The maximum absolute atomic E-state index is 9.00. The minimum atomic E-state index is -0.833. The summed E-state index contributed by atoms with van der Waals surface area (Å²) in [4.78, 5) is 9.00. The van der Waals surface area contributed by atoms with Crippen LogP contribution in [0.15, 0.2) is 18.2 Å². The van der Waals surface area contributed by atoms with Gasteiger partial charge in [0.2, 0.25) is 0 Å². The van der Waals surface area contributed by atoms with Crippen molar-refractivity contribution in [3.05, 3.63) is 18.2 Å². The minimum Gasteiger partial charge on any atom is -0.504 e. The Hall–Kier alpha value is -1.91. The lowest BCUT2D eigenvalue weighted by molar-refractivity contribution is -0.134. The first kappa shape index (κ1) is 11.1. The van der Waals surface area contributed by atoms with Crippen molar-refractivity contribution in [1.82, 2.24) is 0 Å². The molecule has 13 heavy (non-hydrogen) atoms. The highest BCUT2D eigenvalue weighted by molar-refractivity contribution is 5.62. The summed E-state index contributed by atoms with van der Waals surface area (Å²) in [5, 5.41) is 33.5. The molecule has 0 aliphatic carbocycles. The SMILES string of the molecule is CC(=O)O.Oc1cccc(O)c1O. The van der Waals surface area contributed by atoms with Gasteiger partial charge in [0.15, 0.2) is 17.2 Å². The molecule has 0 aromatic heterocycles. The van der Waals surface area contributed by atoms with Crippen LogP contribution >= 0.6 is 0 Å². The molecule has 0 radical (unpaired) electrons. The van der Waals surface area contributed by atoms with Gasteiger partial charge in [0, 0.05) is 6.92 Å². The molecule has 0 unspecified atom stereocenters. The van der Waals surface area contributed by atoms with Crippen molar-refractivity contribution >= 4 is 5.97 Å². The molecule has 0 saturated heterocycles. The third-order valence-corrected chi connectivity index (χ3v) is 0.993. The summed E-state index contributed by atoms with van der Waals surface area (Å²) >= 11 is 0. The molecule has 1 aromatic carbocycles. The van der Waals surface area contributed by atoms with E-state index in [4.69, 9.17) is 25.2 Å². The zero-order valence-electron chi connectivity index (χ0n) is 6.93. The van der Waals surface area contributed by atoms with Crippen LogP contribution in [0.2, 0.25) is 0 Å². The Morgan fingerprint density at radius 1 is 1.15 bits per heavy atom. The van der Waals surface area contributed by atoms with Gasteiger partial charge >= 0.3 is 0 Å². The fourth-order valence-electron chi connectivity index (χ4n) is 0.519. The predicted octanol–water partition coefficient (Wildman–Crippen LogP) is 0.894. The Morgan fingerprint density at radius 2 is 1.46 bits per heavy atom. The van der Waals surface area contributed by atoms with Crippen molar-refractivity contribution in [1.29, 1.82) is 0 Å². The zero-order chi connectivity index (χ0) is 10.4. The van der Waals surface area contributed by atoms with Crippen LogP contribution in [-0.4, -0.2) is 26.4 Å². The Morgan fingerprint density at radius 3 is 1.69 bits per heavy atom. The van der Waals surface area contributed by atoms with Crippen LogP contribution in [0.25, 0.3) is 0 Å². The lowest BCUT2D eigenvalue weighted by Crippen LogP contribution is -1.78. The van der Waals surface area contributed by atoms with Crippen molar-refractivity contribution < 1.29 is 25.2 Å². The largest absolute Gasteiger partial charge is 0.504 e. The second kappa shape index (κ2) is 4.87. The topological polar surface area (TPSA) is 98.0 Å². The molecule has 0 spiro atoms. The molecule has 0 atom stereocenters. The van der Waals surface area contributed by atoms with Crippen LogP contribution in [0.4, 0.5) is 0 Å². The van der Waals surface area contributed by atoms with E-state index in [1.54, 1.807) is 0 Å². The van der Waals surface area contributed by atoms with Gasteiger partial charge < -0.3 is 20.4 Å². The number of carboxylic acid groups (broad SMARTS) is 1. The molecule has 4 N–H and O–H groups in total. The fourth-order valence-corrected chi connectivity index (χ4v) is 0.519. The zero-order valence-corrected chi connectivity index (χ0v) is 6.93. The van der Waals surface area contributed by atoms with Gasteiger partial charge in [0.05, 0.1) is 0 Å². The lowest BCUT2D eigenvalue weighted by atomic mass is 10.3. The number of aromatic hydroxyl groups is 3. The quantitative estimate of drug-likeness (QED) is 0.451. The van der Waals surface area contributed by atoms with E-state index in [1.165, 1.54) is 18.2 Å². The van der Waals surface area contributed by atoms with Crippen LogP contribution in [0.5, 0.6) is 17.2 Å². The lowest BCUT2D eigenvalue weighted by Gasteiger charge is -1.96. The highest BCUT2D eigenvalue weighted by atomic mass is 16.4. The molecule has 5 heteroatoms. The molecule has 0 bridgehead atoms. The third-order valence-electron chi connectivity index (χ3n) is 0.993.